The Morgan fingerprint density at radius 2 is 1.85 bits per heavy atom. The molecule has 3 nitrogen and oxygen atoms in total. The van der Waals surface area contributed by atoms with Gasteiger partial charge in [0, 0.05) is 0 Å². The molecule has 0 bridgehead atoms. The van der Waals surface area contributed by atoms with Crippen molar-refractivity contribution in [3.63, 3.8) is 0 Å². The minimum Gasteiger partial charge on any atom is -0.548 e. The molecule has 0 amide bonds. The summed E-state index contributed by atoms with van der Waals surface area (Å²) in [6.07, 6.45) is 0. The molecule has 0 saturated carbocycles. The zero-order valence-corrected chi connectivity index (χ0v) is 9.16. The van der Waals surface area contributed by atoms with Crippen LogP contribution in [0.25, 0.3) is 0 Å². The fourth-order valence-corrected chi connectivity index (χ4v) is 0.806. The largest absolute Gasteiger partial charge is 1.00 e. The Kier molecular flexibility index (Phi) is 5.17. The van der Waals surface area contributed by atoms with Crippen LogP contribution in [-0.2, 0) is 4.79 Å². The second-order valence-electron chi connectivity index (χ2n) is 2.35. The van der Waals surface area contributed by atoms with Gasteiger partial charge in [-0.05, 0) is 17.7 Å². The average molecular weight is 191 g/mol. The van der Waals surface area contributed by atoms with Gasteiger partial charge in [0.15, 0.2) is 0 Å². The predicted molar refractivity (Wildman–Crippen MR) is 38.3 cm³/mol. The fourth-order valence-electron chi connectivity index (χ4n) is 0.806. The first kappa shape index (κ1) is 12.6. The molecule has 0 aromatic heterocycles. The average Bonchev–Trinajstić information content (AvgIpc) is 2.04. The van der Waals surface area contributed by atoms with Gasteiger partial charge in [-0.3, -0.25) is 0 Å². The number of aliphatic carboxylic acids is 1. The molecule has 1 aromatic rings. The summed E-state index contributed by atoms with van der Waals surface area (Å²) in [5.74, 6) is -1.80. The standard InChI is InChI=1S/C8H8FNO2.Na/c9-6-3-1-5(2-4-6)7(10)8(11)12;/h1-4,7H,10H2,(H,11,12);/q;+1/p-1/t7-;/m1./s1. The summed E-state index contributed by atoms with van der Waals surface area (Å²) in [6, 6.07) is 3.74. The Balaban J connectivity index is 0.00000144. The normalized spacial score (nSPS) is 11.5. The maximum Gasteiger partial charge on any atom is 1.00 e. The summed E-state index contributed by atoms with van der Waals surface area (Å²) in [4.78, 5) is 10.3. The number of nitrogens with two attached hydrogens (primary N) is 1. The van der Waals surface area contributed by atoms with E-state index in [1.165, 1.54) is 12.1 Å². The van der Waals surface area contributed by atoms with Gasteiger partial charge in [-0.2, -0.15) is 0 Å². The summed E-state index contributed by atoms with van der Waals surface area (Å²) in [7, 11) is 0. The summed E-state index contributed by atoms with van der Waals surface area (Å²) in [6.45, 7) is 0. The summed E-state index contributed by atoms with van der Waals surface area (Å²) < 4.78 is 12.3. The molecule has 0 aliphatic heterocycles. The van der Waals surface area contributed by atoms with Crippen molar-refractivity contribution >= 4 is 5.97 Å². The zero-order valence-electron chi connectivity index (χ0n) is 7.16. The van der Waals surface area contributed by atoms with E-state index in [1.807, 2.05) is 0 Å². The topological polar surface area (TPSA) is 66.2 Å². The van der Waals surface area contributed by atoms with Crippen LogP contribution in [0, 0.1) is 5.82 Å². The van der Waals surface area contributed by atoms with Crippen LogP contribution in [0.4, 0.5) is 4.39 Å². The third-order valence-corrected chi connectivity index (χ3v) is 1.48. The molecular weight excluding hydrogens is 184 g/mol. The fraction of sp³-hybridized carbons (Fsp3) is 0.125. The van der Waals surface area contributed by atoms with Crippen molar-refractivity contribution in [1.82, 2.24) is 0 Å². The van der Waals surface area contributed by atoms with Crippen LogP contribution in [0.1, 0.15) is 11.6 Å². The molecule has 0 aliphatic carbocycles. The number of rotatable bonds is 2. The Labute approximate surface area is 97.0 Å². The maximum atomic E-state index is 12.3. The van der Waals surface area contributed by atoms with Crippen molar-refractivity contribution in [2.75, 3.05) is 0 Å². The van der Waals surface area contributed by atoms with Gasteiger partial charge in [0.2, 0.25) is 0 Å². The summed E-state index contributed by atoms with van der Waals surface area (Å²) in [5, 5.41) is 10.3. The van der Waals surface area contributed by atoms with E-state index in [0.717, 1.165) is 12.1 Å². The van der Waals surface area contributed by atoms with E-state index in [-0.39, 0.29) is 29.6 Å². The van der Waals surface area contributed by atoms with Crippen molar-refractivity contribution in [2.45, 2.75) is 6.04 Å². The Bertz CT molecular complexity index is 289. The van der Waals surface area contributed by atoms with Crippen molar-refractivity contribution < 1.29 is 43.8 Å². The van der Waals surface area contributed by atoms with Gasteiger partial charge in [0.25, 0.3) is 0 Å². The molecule has 0 fully saturated rings. The number of halogens is 1. The van der Waals surface area contributed by atoms with E-state index < -0.39 is 17.8 Å². The molecule has 0 aliphatic rings. The van der Waals surface area contributed by atoms with E-state index in [0.29, 0.717) is 5.56 Å². The molecule has 0 heterocycles. The second kappa shape index (κ2) is 5.34. The molecule has 0 unspecified atom stereocenters. The van der Waals surface area contributed by atoms with Crippen LogP contribution < -0.4 is 40.4 Å². The third-order valence-electron chi connectivity index (χ3n) is 1.48. The first-order chi connectivity index (χ1) is 5.61. The molecule has 0 saturated heterocycles. The molecule has 13 heavy (non-hydrogen) atoms. The van der Waals surface area contributed by atoms with Crippen LogP contribution in [0.5, 0.6) is 0 Å². The number of hydrogen-bond acceptors (Lipinski definition) is 3. The van der Waals surface area contributed by atoms with Crippen LogP contribution in [-0.4, -0.2) is 5.97 Å². The molecule has 0 spiro atoms. The molecule has 5 heteroatoms. The van der Waals surface area contributed by atoms with E-state index >= 15 is 0 Å². The van der Waals surface area contributed by atoms with Gasteiger partial charge < -0.3 is 15.6 Å². The van der Waals surface area contributed by atoms with Gasteiger partial charge in [-0.15, -0.1) is 0 Å². The van der Waals surface area contributed by atoms with Gasteiger partial charge in [-0.25, -0.2) is 4.39 Å². The number of carboxylic acids is 1. The number of hydrogen-bond donors (Lipinski definition) is 1. The van der Waals surface area contributed by atoms with Gasteiger partial charge >= 0.3 is 29.6 Å². The van der Waals surface area contributed by atoms with Crippen LogP contribution in [0.2, 0.25) is 0 Å². The monoisotopic (exact) mass is 191 g/mol. The van der Waals surface area contributed by atoms with Crippen LogP contribution in [0.15, 0.2) is 24.3 Å². The van der Waals surface area contributed by atoms with Crippen molar-refractivity contribution in [1.29, 1.82) is 0 Å². The zero-order chi connectivity index (χ0) is 9.14. The summed E-state index contributed by atoms with van der Waals surface area (Å²) >= 11 is 0. The first-order valence-corrected chi connectivity index (χ1v) is 3.33. The molecular formula is C8H7FNNaO2. The van der Waals surface area contributed by atoms with Gasteiger partial charge in [-0.1, -0.05) is 12.1 Å². The number of carbonyl (C=O) groups excluding carboxylic acids is 1. The molecule has 0 radical (unpaired) electrons. The number of carbonyl (C=O) groups is 1. The molecule has 1 atom stereocenters. The van der Waals surface area contributed by atoms with Crippen LogP contribution in [0.3, 0.4) is 0 Å². The van der Waals surface area contributed by atoms with Crippen molar-refractivity contribution in [3.05, 3.63) is 35.6 Å². The third kappa shape index (κ3) is 3.44. The van der Waals surface area contributed by atoms with E-state index in [9.17, 15) is 14.3 Å². The van der Waals surface area contributed by atoms with Crippen molar-refractivity contribution in [2.24, 2.45) is 5.73 Å². The maximum absolute atomic E-state index is 12.3. The molecule has 2 N–H and O–H groups in total. The smallest absolute Gasteiger partial charge is 0.548 e. The van der Waals surface area contributed by atoms with Crippen molar-refractivity contribution in [3.8, 4) is 0 Å². The number of benzene rings is 1. The second-order valence-corrected chi connectivity index (χ2v) is 2.35. The quantitative estimate of drug-likeness (QED) is 0.495. The number of carboxylic acid groups (broad SMARTS) is 1. The Morgan fingerprint density at radius 3 is 2.23 bits per heavy atom. The predicted octanol–water partition coefficient (Wildman–Crippen LogP) is -3.42. The van der Waals surface area contributed by atoms with E-state index in [4.69, 9.17) is 5.73 Å². The first-order valence-electron chi connectivity index (χ1n) is 3.33. The Hall–Kier alpha value is -0.420. The van der Waals surface area contributed by atoms with Gasteiger partial charge in [0.1, 0.15) is 5.82 Å². The SMILES string of the molecule is N[C@@H](C(=O)[O-])c1ccc(F)cc1.[Na+]. The van der Waals surface area contributed by atoms with E-state index in [2.05, 4.69) is 0 Å². The molecule has 1 rings (SSSR count). The minimum atomic E-state index is -1.37. The van der Waals surface area contributed by atoms with E-state index in [1.54, 1.807) is 0 Å². The minimum absolute atomic E-state index is 0. The summed E-state index contributed by atoms with van der Waals surface area (Å²) in [5.41, 5.74) is 5.53. The Morgan fingerprint density at radius 1 is 1.38 bits per heavy atom. The molecule has 64 valence electrons. The van der Waals surface area contributed by atoms with Crippen LogP contribution >= 0.6 is 0 Å². The van der Waals surface area contributed by atoms with Gasteiger partial charge in [0.05, 0.1) is 12.0 Å². The molecule has 1 aromatic carbocycles.